The summed E-state index contributed by atoms with van der Waals surface area (Å²) in [5, 5.41) is 17.0. The van der Waals surface area contributed by atoms with Crippen LogP contribution in [0.4, 0.5) is 14.6 Å². The number of aromatic nitrogens is 8. The van der Waals surface area contributed by atoms with Crippen LogP contribution in [-0.2, 0) is 4.74 Å². The number of morpholine rings is 1. The minimum atomic E-state index is -2.71. The van der Waals surface area contributed by atoms with Gasteiger partial charge in [-0.3, -0.25) is 4.68 Å². The summed E-state index contributed by atoms with van der Waals surface area (Å²) in [6, 6.07) is 2.07. The average Bonchev–Trinajstić information content (AvgIpc) is 3.61. The molecule has 1 saturated carbocycles. The number of rotatable bonds is 5. The molecule has 1 atom stereocenters. The highest BCUT2D eigenvalue weighted by Crippen LogP contribution is 2.32. The lowest BCUT2D eigenvalue weighted by molar-refractivity contribution is 0.0529. The van der Waals surface area contributed by atoms with Gasteiger partial charge in [-0.05, 0) is 25.8 Å². The van der Waals surface area contributed by atoms with Gasteiger partial charge in [0, 0.05) is 19.3 Å². The third kappa shape index (κ3) is 4.15. The molecule has 4 aromatic rings. The molecular weight excluding hydrogens is 456 g/mol. The van der Waals surface area contributed by atoms with Crippen LogP contribution >= 0.6 is 0 Å². The summed E-state index contributed by atoms with van der Waals surface area (Å²) in [6.45, 7) is 4.20. The number of nitrogens with zero attached hydrogens (tertiary/aromatic N) is 9. The van der Waals surface area contributed by atoms with Crippen LogP contribution in [-0.4, -0.2) is 65.2 Å². The lowest BCUT2D eigenvalue weighted by Crippen LogP contribution is -2.41. The molecule has 0 amide bonds. The van der Waals surface area contributed by atoms with Crippen LogP contribution in [0.25, 0.3) is 22.6 Å². The van der Waals surface area contributed by atoms with Crippen molar-refractivity contribution in [1.82, 2.24) is 39.4 Å². The predicted octanol–water partition coefficient (Wildman–Crippen LogP) is 3.84. The molecule has 2 aliphatic rings. The first-order valence-electron chi connectivity index (χ1n) is 12.1. The van der Waals surface area contributed by atoms with Gasteiger partial charge in [0.25, 0.3) is 6.43 Å². The van der Waals surface area contributed by atoms with Gasteiger partial charge in [0.05, 0.1) is 42.9 Å². The van der Waals surface area contributed by atoms with E-state index in [9.17, 15) is 8.78 Å². The Balaban J connectivity index is 1.34. The molecule has 0 spiro atoms. The van der Waals surface area contributed by atoms with E-state index in [2.05, 4.69) is 25.4 Å². The molecule has 12 heteroatoms. The fourth-order valence-corrected chi connectivity index (χ4v) is 5.01. The molecule has 1 aliphatic heterocycles. The maximum Gasteiger partial charge on any atom is 0.284 e. The topological polar surface area (TPSA) is 91.2 Å². The minimum absolute atomic E-state index is 0.129. The number of ether oxygens (including phenoxy) is 1. The smallest absolute Gasteiger partial charge is 0.284 e. The number of alkyl halides is 2. The molecule has 5 heterocycles. The Morgan fingerprint density at radius 2 is 2.00 bits per heavy atom. The molecule has 6 rings (SSSR count). The first kappa shape index (κ1) is 22.1. The van der Waals surface area contributed by atoms with E-state index in [0.29, 0.717) is 23.5 Å². The fraction of sp³-hybridized carbons (Fsp3) is 0.522. The van der Waals surface area contributed by atoms with Crippen LogP contribution in [0.3, 0.4) is 0 Å². The average molecular weight is 484 g/mol. The van der Waals surface area contributed by atoms with E-state index in [1.807, 2.05) is 19.2 Å². The lowest BCUT2D eigenvalue weighted by atomic mass is 9.96. The second kappa shape index (κ2) is 8.99. The highest BCUT2D eigenvalue weighted by molar-refractivity contribution is 5.75. The minimum Gasteiger partial charge on any atom is -0.375 e. The van der Waals surface area contributed by atoms with E-state index >= 15 is 0 Å². The zero-order chi connectivity index (χ0) is 23.9. The number of hydrogen-bond acceptors (Lipinski definition) is 7. The van der Waals surface area contributed by atoms with Crippen molar-refractivity contribution in [2.24, 2.45) is 0 Å². The van der Waals surface area contributed by atoms with Gasteiger partial charge in [-0.15, -0.1) is 5.10 Å². The number of halogens is 2. The van der Waals surface area contributed by atoms with Crippen LogP contribution in [0.1, 0.15) is 57.2 Å². The van der Waals surface area contributed by atoms with Crippen molar-refractivity contribution in [3.05, 3.63) is 36.5 Å². The van der Waals surface area contributed by atoms with Crippen LogP contribution in [0.2, 0.25) is 0 Å². The maximum atomic E-state index is 13.9. The SMILES string of the molecule is C[C@H]1CN(c2ccn3ncc(-c4cn(-c5cn(C6CCCCC6)nc5C(F)F)nn4)c3n2)CCO1. The van der Waals surface area contributed by atoms with Crippen molar-refractivity contribution in [3.63, 3.8) is 0 Å². The molecule has 2 fully saturated rings. The van der Waals surface area contributed by atoms with Gasteiger partial charge in [0.15, 0.2) is 11.3 Å². The van der Waals surface area contributed by atoms with Crippen molar-refractivity contribution >= 4 is 11.5 Å². The normalized spacial score (nSPS) is 19.8. The third-order valence-electron chi connectivity index (χ3n) is 6.83. The van der Waals surface area contributed by atoms with Gasteiger partial charge >= 0.3 is 0 Å². The van der Waals surface area contributed by atoms with Crippen molar-refractivity contribution in [2.45, 2.75) is 57.6 Å². The zero-order valence-corrected chi connectivity index (χ0v) is 19.5. The summed E-state index contributed by atoms with van der Waals surface area (Å²) < 4.78 is 38.1. The van der Waals surface area contributed by atoms with E-state index in [1.165, 1.54) is 11.1 Å². The Morgan fingerprint density at radius 1 is 1.14 bits per heavy atom. The van der Waals surface area contributed by atoms with E-state index < -0.39 is 6.43 Å². The zero-order valence-electron chi connectivity index (χ0n) is 19.5. The molecule has 0 aromatic carbocycles. The molecule has 1 saturated heterocycles. The van der Waals surface area contributed by atoms with Gasteiger partial charge in [0.2, 0.25) is 0 Å². The molecule has 4 aromatic heterocycles. The molecule has 0 bridgehead atoms. The second-order valence-electron chi connectivity index (χ2n) is 9.26. The maximum absolute atomic E-state index is 13.9. The van der Waals surface area contributed by atoms with Crippen LogP contribution in [0.5, 0.6) is 0 Å². The van der Waals surface area contributed by atoms with Crippen molar-refractivity contribution in [3.8, 4) is 16.9 Å². The Morgan fingerprint density at radius 3 is 2.80 bits per heavy atom. The summed E-state index contributed by atoms with van der Waals surface area (Å²) in [5.41, 5.74) is 1.77. The highest BCUT2D eigenvalue weighted by Gasteiger charge is 2.25. The molecule has 0 unspecified atom stereocenters. The second-order valence-corrected chi connectivity index (χ2v) is 9.26. The summed E-state index contributed by atoms with van der Waals surface area (Å²) in [5.74, 6) is 0.829. The van der Waals surface area contributed by atoms with E-state index in [0.717, 1.165) is 44.6 Å². The molecule has 10 nitrogen and oxygen atoms in total. The van der Waals surface area contributed by atoms with Crippen molar-refractivity contribution in [2.75, 3.05) is 24.6 Å². The molecule has 35 heavy (non-hydrogen) atoms. The number of hydrogen-bond donors (Lipinski definition) is 0. The Labute approximate surface area is 200 Å². The third-order valence-corrected chi connectivity index (χ3v) is 6.83. The van der Waals surface area contributed by atoms with Gasteiger partial charge in [-0.2, -0.15) is 10.2 Å². The summed E-state index contributed by atoms with van der Waals surface area (Å²) in [4.78, 5) is 7.00. The molecular formula is C23H27F2N9O. The quantitative estimate of drug-likeness (QED) is 0.426. The Kier molecular flexibility index (Phi) is 5.67. The molecule has 0 N–H and O–H groups in total. The van der Waals surface area contributed by atoms with Gasteiger partial charge in [-0.1, -0.05) is 24.5 Å². The first-order valence-corrected chi connectivity index (χ1v) is 12.1. The fourth-order valence-electron chi connectivity index (χ4n) is 5.01. The number of fused-ring (bicyclic) bond motifs is 1. The standard InChI is InChI=1S/C23H27F2N9O/c1-15-12-31(9-10-35-15)20-7-8-32-23(27-20)17(11-26-32)18-13-34(30-28-18)19-14-33(29-21(19)22(24)25)16-5-3-2-4-6-16/h7-8,11,13-16,22H,2-6,9-10,12H2,1H3/t15-/m0/s1. The first-order chi connectivity index (χ1) is 17.1. The van der Waals surface area contributed by atoms with E-state index in [1.54, 1.807) is 27.8 Å². The number of anilines is 1. The van der Waals surface area contributed by atoms with Crippen LogP contribution < -0.4 is 4.90 Å². The van der Waals surface area contributed by atoms with Crippen LogP contribution in [0, 0.1) is 0 Å². The monoisotopic (exact) mass is 483 g/mol. The van der Waals surface area contributed by atoms with Crippen LogP contribution in [0.15, 0.2) is 30.9 Å². The van der Waals surface area contributed by atoms with Gasteiger partial charge in [-0.25, -0.2) is 23.0 Å². The summed E-state index contributed by atoms with van der Waals surface area (Å²) >= 11 is 0. The van der Waals surface area contributed by atoms with Gasteiger partial charge in [0.1, 0.15) is 17.2 Å². The summed E-state index contributed by atoms with van der Waals surface area (Å²) in [6.07, 6.45) is 9.50. The molecule has 1 aliphatic carbocycles. The largest absolute Gasteiger partial charge is 0.375 e. The molecule has 184 valence electrons. The van der Waals surface area contributed by atoms with Crippen molar-refractivity contribution < 1.29 is 13.5 Å². The predicted molar refractivity (Wildman–Crippen MR) is 124 cm³/mol. The summed E-state index contributed by atoms with van der Waals surface area (Å²) in [7, 11) is 0. The lowest BCUT2D eigenvalue weighted by Gasteiger charge is -2.31. The highest BCUT2D eigenvalue weighted by atomic mass is 19.3. The Bertz CT molecular complexity index is 1320. The van der Waals surface area contributed by atoms with E-state index in [4.69, 9.17) is 9.72 Å². The van der Waals surface area contributed by atoms with Gasteiger partial charge < -0.3 is 9.64 Å². The molecule has 0 radical (unpaired) electrons. The Hall–Kier alpha value is -3.41. The van der Waals surface area contributed by atoms with Crippen molar-refractivity contribution in [1.29, 1.82) is 0 Å². The van der Waals surface area contributed by atoms with E-state index in [-0.39, 0.29) is 23.5 Å².